The van der Waals surface area contributed by atoms with Crippen molar-refractivity contribution < 1.29 is 4.79 Å². The lowest BCUT2D eigenvalue weighted by Crippen LogP contribution is -2.17. The molecule has 0 aromatic carbocycles. The number of carbonyl (C=O) groups excluding carboxylic acids is 1. The molecule has 44 valence electrons. The van der Waals surface area contributed by atoms with Crippen LogP contribution in [0.1, 0.15) is 0 Å². The second-order valence-corrected chi connectivity index (χ2v) is 2.26. The van der Waals surface area contributed by atoms with Crippen LogP contribution in [0, 0.1) is 0 Å². The number of carbonyl (C=O) groups is 1. The van der Waals surface area contributed by atoms with Crippen molar-refractivity contribution in [2.24, 2.45) is 0 Å². The fourth-order valence-corrected chi connectivity index (χ4v) is 0.683. The van der Waals surface area contributed by atoms with E-state index in [2.05, 4.69) is 0 Å². The highest BCUT2D eigenvalue weighted by Crippen LogP contribution is 2.13. The van der Waals surface area contributed by atoms with Gasteiger partial charge in [-0.05, 0) is 0 Å². The van der Waals surface area contributed by atoms with E-state index in [0.29, 0.717) is 0 Å². The highest BCUT2D eigenvalue weighted by atomic mass is 16.2. The average Bonchev–Trinajstić information content (AvgIpc) is 2.63. The summed E-state index contributed by atoms with van der Waals surface area (Å²) < 4.78 is 0. The average molecular weight is 112 g/mol. The normalized spacial score (nSPS) is 23.5. The molecule has 0 bridgehead atoms. The number of hydrogen-bond donors (Lipinski definition) is 0. The van der Waals surface area contributed by atoms with Gasteiger partial charge in [0.05, 0.1) is 0 Å². The standard InChI is InChI=1S/C5H8N2O/c8-5(6-1-2-6)7-3-4-7/h1-4H2. The third kappa shape index (κ3) is 0.546. The monoisotopic (exact) mass is 112 g/mol. The van der Waals surface area contributed by atoms with Gasteiger partial charge in [-0.2, -0.15) is 0 Å². The van der Waals surface area contributed by atoms with E-state index in [-0.39, 0.29) is 6.03 Å². The SMILES string of the molecule is O=C(N1CC1)N1CC1. The molecule has 0 radical (unpaired) electrons. The topological polar surface area (TPSA) is 23.1 Å². The van der Waals surface area contributed by atoms with Crippen molar-refractivity contribution in [2.75, 3.05) is 26.2 Å². The maximum Gasteiger partial charge on any atom is 0.320 e. The molecule has 0 atom stereocenters. The number of nitrogens with zero attached hydrogens (tertiary/aromatic N) is 2. The molecule has 0 aromatic rings. The largest absolute Gasteiger partial charge is 0.321 e. The Kier molecular flexibility index (Phi) is 0.604. The van der Waals surface area contributed by atoms with E-state index in [0.717, 1.165) is 26.2 Å². The predicted molar refractivity (Wildman–Crippen MR) is 28.5 cm³/mol. The number of hydrogen-bond acceptors (Lipinski definition) is 1. The van der Waals surface area contributed by atoms with Crippen molar-refractivity contribution in [3.05, 3.63) is 0 Å². The van der Waals surface area contributed by atoms with E-state index in [1.54, 1.807) is 0 Å². The summed E-state index contributed by atoms with van der Waals surface area (Å²) in [6, 6.07) is 0.241. The van der Waals surface area contributed by atoms with Crippen LogP contribution in [0.25, 0.3) is 0 Å². The van der Waals surface area contributed by atoms with Crippen LogP contribution in [0.15, 0.2) is 0 Å². The van der Waals surface area contributed by atoms with E-state index in [4.69, 9.17) is 0 Å². The first-order chi connectivity index (χ1) is 3.88. The molecule has 0 spiro atoms. The quantitative estimate of drug-likeness (QED) is 0.396. The van der Waals surface area contributed by atoms with E-state index < -0.39 is 0 Å². The van der Waals surface area contributed by atoms with Crippen LogP contribution >= 0.6 is 0 Å². The van der Waals surface area contributed by atoms with Gasteiger partial charge in [-0.3, -0.25) is 0 Å². The van der Waals surface area contributed by atoms with Crippen LogP contribution in [0.5, 0.6) is 0 Å². The highest BCUT2D eigenvalue weighted by molar-refractivity contribution is 5.78. The van der Waals surface area contributed by atoms with Gasteiger partial charge in [-0.15, -0.1) is 0 Å². The Labute approximate surface area is 47.9 Å². The van der Waals surface area contributed by atoms with E-state index in [1.807, 2.05) is 9.80 Å². The Morgan fingerprint density at radius 1 is 1.00 bits per heavy atom. The molecule has 0 aromatic heterocycles. The van der Waals surface area contributed by atoms with Crippen molar-refractivity contribution >= 4 is 6.03 Å². The molecule has 2 rings (SSSR count). The zero-order valence-electron chi connectivity index (χ0n) is 4.63. The third-order valence-corrected chi connectivity index (χ3v) is 1.44. The van der Waals surface area contributed by atoms with Crippen molar-refractivity contribution in [1.29, 1.82) is 0 Å². The third-order valence-electron chi connectivity index (χ3n) is 1.44. The number of urea groups is 1. The summed E-state index contributed by atoms with van der Waals surface area (Å²) in [5, 5.41) is 0. The maximum absolute atomic E-state index is 10.8. The van der Waals surface area contributed by atoms with Crippen LogP contribution < -0.4 is 0 Å². The fraction of sp³-hybridized carbons (Fsp3) is 0.800. The molecule has 2 saturated heterocycles. The van der Waals surface area contributed by atoms with Gasteiger partial charge in [-0.1, -0.05) is 0 Å². The summed E-state index contributed by atoms with van der Waals surface area (Å²) in [5.74, 6) is 0. The molecule has 3 nitrogen and oxygen atoms in total. The Balaban J connectivity index is 1.93. The molecule has 2 aliphatic rings. The highest BCUT2D eigenvalue weighted by Gasteiger charge is 2.33. The molecule has 8 heavy (non-hydrogen) atoms. The molecule has 2 amide bonds. The maximum atomic E-state index is 10.8. The molecular formula is C5H8N2O. The van der Waals surface area contributed by atoms with Crippen molar-refractivity contribution in [1.82, 2.24) is 9.80 Å². The summed E-state index contributed by atoms with van der Waals surface area (Å²) in [7, 11) is 0. The molecule has 0 N–H and O–H groups in total. The summed E-state index contributed by atoms with van der Waals surface area (Å²) in [6.45, 7) is 3.93. The van der Waals surface area contributed by atoms with Crippen LogP contribution in [-0.2, 0) is 0 Å². The van der Waals surface area contributed by atoms with Crippen molar-refractivity contribution in [2.45, 2.75) is 0 Å². The zero-order valence-corrected chi connectivity index (χ0v) is 4.63. The predicted octanol–water partition coefficient (Wildman–Crippen LogP) is -0.262. The van der Waals surface area contributed by atoms with Crippen molar-refractivity contribution in [3.8, 4) is 0 Å². The lowest BCUT2D eigenvalue weighted by Gasteiger charge is -1.98. The van der Waals surface area contributed by atoms with Crippen LogP contribution in [-0.4, -0.2) is 42.0 Å². The molecule has 2 aliphatic heterocycles. The van der Waals surface area contributed by atoms with Crippen LogP contribution in [0.4, 0.5) is 4.79 Å². The van der Waals surface area contributed by atoms with E-state index in [9.17, 15) is 4.79 Å². The van der Waals surface area contributed by atoms with Gasteiger partial charge in [0.25, 0.3) is 0 Å². The van der Waals surface area contributed by atoms with Gasteiger partial charge >= 0.3 is 6.03 Å². The first-order valence-corrected chi connectivity index (χ1v) is 2.92. The smallest absolute Gasteiger partial charge is 0.320 e. The molecule has 0 unspecified atom stereocenters. The van der Waals surface area contributed by atoms with Gasteiger partial charge in [0.1, 0.15) is 0 Å². The van der Waals surface area contributed by atoms with Crippen LogP contribution in [0.2, 0.25) is 0 Å². The second-order valence-electron chi connectivity index (χ2n) is 2.26. The number of amides is 2. The molecule has 0 aliphatic carbocycles. The first kappa shape index (κ1) is 4.18. The van der Waals surface area contributed by atoms with Crippen LogP contribution in [0.3, 0.4) is 0 Å². The fourth-order valence-electron chi connectivity index (χ4n) is 0.683. The van der Waals surface area contributed by atoms with Gasteiger partial charge in [0.15, 0.2) is 0 Å². The minimum atomic E-state index is 0.241. The minimum absolute atomic E-state index is 0.241. The lowest BCUT2D eigenvalue weighted by molar-refractivity contribution is 0.217. The van der Waals surface area contributed by atoms with Gasteiger partial charge in [-0.25, -0.2) is 4.79 Å². The Morgan fingerprint density at radius 3 is 1.62 bits per heavy atom. The molecule has 2 fully saturated rings. The Hall–Kier alpha value is -0.730. The summed E-state index contributed by atoms with van der Waals surface area (Å²) in [5.41, 5.74) is 0. The van der Waals surface area contributed by atoms with E-state index >= 15 is 0 Å². The van der Waals surface area contributed by atoms with Gasteiger partial charge in [0, 0.05) is 26.2 Å². The first-order valence-electron chi connectivity index (χ1n) is 2.92. The number of rotatable bonds is 0. The molecule has 2 heterocycles. The Bertz CT molecular complexity index is 112. The Morgan fingerprint density at radius 2 is 1.38 bits per heavy atom. The minimum Gasteiger partial charge on any atom is -0.321 e. The summed E-state index contributed by atoms with van der Waals surface area (Å²) in [6.07, 6.45) is 0. The lowest BCUT2D eigenvalue weighted by atomic mass is 11.0. The van der Waals surface area contributed by atoms with Gasteiger partial charge < -0.3 is 9.80 Å². The zero-order chi connectivity index (χ0) is 5.56. The molecular weight excluding hydrogens is 104 g/mol. The van der Waals surface area contributed by atoms with Gasteiger partial charge in [0.2, 0.25) is 0 Å². The summed E-state index contributed by atoms with van der Waals surface area (Å²) >= 11 is 0. The second kappa shape index (κ2) is 1.16. The summed E-state index contributed by atoms with van der Waals surface area (Å²) in [4.78, 5) is 14.5. The molecule has 3 heteroatoms. The molecule has 0 saturated carbocycles. The van der Waals surface area contributed by atoms with Crippen molar-refractivity contribution in [3.63, 3.8) is 0 Å². The van der Waals surface area contributed by atoms with E-state index in [1.165, 1.54) is 0 Å².